The highest BCUT2D eigenvalue weighted by atomic mass is 32.2. The second-order valence-corrected chi connectivity index (χ2v) is 7.57. The monoisotopic (exact) mass is 256 g/mol. The van der Waals surface area contributed by atoms with Crippen molar-refractivity contribution in [2.45, 2.75) is 50.4 Å². The van der Waals surface area contributed by atoms with Crippen LogP contribution in [0.4, 0.5) is 0 Å². The van der Waals surface area contributed by atoms with Gasteiger partial charge in [-0.2, -0.15) is 0 Å². The summed E-state index contributed by atoms with van der Waals surface area (Å²) in [6, 6.07) is 1.92. The van der Waals surface area contributed by atoms with Gasteiger partial charge in [0.05, 0.1) is 5.75 Å². The van der Waals surface area contributed by atoms with Gasteiger partial charge in [0.1, 0.15) is 0 Å². The van der Waals surface area contributed by atoms with Crippen molar-refractivity contribution >= 4 is 9.84 Å². The van der Waals surface area contributed by atoms with Crippen LogP contribution in [-0.4, -0.2) is 49.8 Å². The van der Waals surface area contributed by atoms with E-state index in [9.17, 15) is 8.42 Å². The van der Waals surface area contributed by atoms with Crippen molar-refractivity contribution < 1.29 is 8.42 Å². The molecule has 1 saturated heterocycles. The molecule has 3 atom stereocenters. The molecular weight excluding hydrogens is 236 g/mol. The highest BCUT2D eigenvalue weighted by Gasteiger charge is 2.39. The zero-order chi connectivity index (χ0) is 12.0. The molecule has 1 saturated carbocycles. The molecule has 0 aromatic heterocycles. The van der Waals surface area contributed by atoms with Crippen LogP contribution < -0.4 is 5.32 Å². The Labute approximate surface area is 103 Å². The number of nitrogens with one attached hydrogen (secondary N) is 1. The van der Waals surface area contributed by atoms with Crippen LogP contribution in [0.2, 0.25) is 0 Å². The lowest BCUT2D eigenvalue weighted by molar-refractivity contribution is 0.254. The van der Waals surface area contributed by atoms with Crippen LogP contribution in [-0.2, 0) is 9.84 Å². The predicted octanol–water partition coefficient (Wildman–Crippen LogP) is 0.512. The van der Waals surface area contributed by atoms with Gasteiger partial charge >= 0.3 is 0 Å². The lowest BCUT2D eigenvalue weighted by Gasteiger charge is -2.20. The Balaban J connectivity index is 1.55. The zero-order valence-electron chi connectivity index (χ0n) is 10.2. The van der Waals surface area contributed by atoms with Gasteiger partial charge in [-0.3, -0.25) is 4.90 Å². The standard InChI is InChI=1S/C12H20N2O2S/c1-9-6-11(7-14(9)12-2-3-12)13-10-4-5-17(15,16)8-10/h4-5,9-13H,2-3,6-8H2,1H3. The first kappa shape index (κ1) is 11.7. The fourth-order valence-electron chi connectivity index (χ4n) is 3.07. The highest BCUT2D eigenvalue weighted by molar-refractivity contribution is 7.94. The topological polar surface area (TPSA) is 49.4 Å². The maximum absolute atomic E-state index is 11.3. The van der Waals surface area contributed by atoms with Crippen molar-refractivity contribution in [2.24, 2.45) is 0 Å². The molecule has 0 bridgehead atoms. The maximum Gasteiger partial charge on any atom is 0.173 e. The second-order valence-electron chi connectivity index (χ2n) is 5.64. The molecule has 4 nitrogen and oxygen atoms in total. The van der Waals surface area contributed by atoms with Crippen LogP contribution in [0.1, 0.15) is 26.2 Å². The molecule has 3 unspecified atom stereocenters. The van der Waals surface area contributed by atoms with Gasteiger partial charge in [-0.15, -0.1) is 0 Å². The minimum absolute atomic E-state index is 0.0244. The number of rotatable bonds is 3. The van der Waals surface area contributed by atoms with E-state index < -0.39 is 9.84 Å². The van der Waals surface area contributed by atoms with Gasteiger partial charge in [0.2, 0.25) is 0 Å². The van der Waals surface area contributed by atoms with Gasteiger partial charge in [-0.1, -0.05) is 6.08 Å². The van der Waals surface area contributed by atoms with E-state index in [0.717, 1.165) is 19.0 Å². The second kappa shape index (κ2) is 4.07. The third kappa shape index (κ3) is 2.56. The van der Waals surface area contributed by atoms with E-state index in [1.165, 1.54) is 18.2 Å². The predicted molar refractivity (Wildman–Crippen MR) is 67.4 cm³/mol. The van der Waals surface area contributed by atoms with Crippen LogP contribution in [0.3, 0.4) is 0 Å². The normalized spacial score (nSPS) is 41.1. The molecule has 2 fully saturated rings. The Hall–Kier alpha value is -0.390. The minimum Gasteiger partial charge on any atom is -0.305 e. The minimum atomic E-state index is -2.92. The summed E-state index contributed by atoms with van der Waals surface area (Å²) in [6.45, 7) is 3.36. The number of hydrogen-bond acceptors (Lipinski definition) is 4. The number of hydrogen-bond donors (Lipinski definition) is 1. The van der Waals surface area contributed by atoms with E-state index in [4.69, 9.17) is 0 Å². The molecule has 0 radical (unpaired) electrons. The first-order chi connectivity index (χ1) is 8.03. The van der Waals surface area contributed by atoms with E-state index in [1.54, 1.807) is 6.08 Å². The van der Waals surface area contributed by atoms with Crippen molar-refractivity contribution in [2.75, 3.05) is 12.3 Å². The summed E-state index contributed by atoms with van der Waals surface area (Å²) in [6.07, 6.45) is 5.62. The molecule has 3 aliphatic rings. The zero-order valence-corrected chi connectivity index (χ0v) is 11.0. The molecule has 0 amide bonds. The average molecular weight is 256 g/mol. The summed E-state index contributed by atoms with van der Waals surface area (Å²) in [5.41, 5.74) is 0. The largest absolute Gasteiger partial charge is 0.305 e. The summed E-state index contributed by atoms with van der Waals surface area (Å²) in [7, 11) is -2.92. The van der Waals surface area contributed by atoms with Gasteiger partial charge in [0.15, 0.2) is 9.84 Å². The van der Waals surface area contributed by atoms with Gasteiger partial charge in [0, 0.05) is 36.1 Å². The third-order valence-electron chi connectivity index (χ3n) is 4.02. The lowest BCUT2D eigenvalue weighted by atomic mass is 10.1. The molecule has 1 aliphatic carbocycles. The Morgan fingerprint density at radius 1 is 1.35 bits per heavy atom. The third-order valence-corrected chi connectivity index (χ3v) is 5.41. The van der Waals surface area contributed by atoms with Crippen molar-refractivity contribution in [1.29, 1.82) is 0 Å². The molecule has 3 rings (SSSR count). The van der Waals surface area contributed by atoms with Crippen molar-refractivity contribution in [3.8, 4) is 0 Å². The molecule has 0 aromatic rings. The van der Waals surface area contributed by atoms with Crippen molar-refractivity contribution in [1.82, 2.24) is 10.2 Å². The quantitative estimate of drug-likeness (QED) is 0.799. The van der Waals surface area contributed by atoms with Gasteiger partial charge in [-0.25, -0.2) is 8.42 Å². The first-order valence-electron chi connectivity index (χ1n) is 6.46. The summed E-state index contributed by atoms with van der Waals surface area (Å²) in [4.78, 5) is 2.57. The van der Waals surface area contributed by atoms with E-state index in [1.807, 2.05) is 0 Å². The summed E-state index contributed by atoms with van der Waals surface area (Å²) >= 11 is 0. The Bertz CT molecular complexity index is 428. The molecule has 2 heterocycles. The highest BCUT2D eigenvalue weighted by Crippen LogP contribution is 2.33. The van der Waals surface area contributed by atoms with Crippen molar-refractivity contribution in [3.63, 3.8) is 0 Å². The van der Waals surface area contributed by atoms with Crippen LogP contribution in [0.25, 0.3) is 0 Å². The van der Waals surface area contributed by atoms with E-state index >= 15 is 0 Å². The Morgan fingerprint density at radius 2 is 2.12 bits per heavy atom. The van der Waals surface area contributed by atoms with Crippen LogP contribution in [0.15, 0.2) is 11.5 Å². The molecule has 2 aliphatic heterocycles. The summed E-state index contributed by atoms with van der Waals surface area (Å²) < 4.78 is 22.6. The van der Waals surface area contributed by atoms with Crippen LogP contribution >= 0.6 is 0 Å². The maximum atomic E-state index is 11.3. The summed E-state index contributed by atoms with van der Waals surface area (Å²) in [5.74, 6) is 0.237. The van der Waals surface area contributed by atoms with Gasteiger partial charge < -0.3 is 5.32 Å². The molecule has 0 spiro atoms. The molecule has 5 heteroatoms. The van der Waals surface area contributed by atoms with E-state index in [2.05, 4.69) is 17.1 Å². The van der Waals surface area contributed by atoms with E-state index in [0.29, 0.717) is 12.1 Å². The van der Waals surface area contributed by atoms with Crippen LogP contribution in [0, 0.1) is 0 Å². The number of nitrogens with zero attached hydrogens (tertiary/aromatic N) is 1. The fraction of sp³-hybridized carbons (Fsp3) is 0.833. The van der Waals surface area contributed by atoms with Gasteiger partial charge in [0.25, 0.3) is 0 Å². The molecule has 1 N–H and O–H groups in total. The molecule has 96 valence electrons. The smallest absolute Gasteiger partial charge is 0.173 e. The molecular formula is C12H20N2O2S. The average Bonchev–Trinajstić information content (AvgIpc) is 2.93. The Morgan fingerprint density at radius 3 is 2.71 bits per heavy atom. The first-order valence-corrected chi connectivity index (χ1v) is 8.18. The summed E-state index contributed by atoms with van der Waals surface area (Å²) in [5, 5.41) is 4.82. The van der Waals surface area contributed by atoms with E-state index in [-0.39, 0.29) is 11.8 Å². The SMILES string of the molecule is CC1CC(NC2C=CS(=O)(=O)C2)CN1C1CC1. The Kier molecular flexibility index (Phi) is 2.80. The van der Waals surface area contributed by atoms with Crippen molar-refractivity contribution in [3.05, 3.63) is 11.5 Å². The van der Waals surface area contributed by atoms with Crippen LogP contribution in [0.5, 0.6) is 0 Å². The molecule has 17 heavy (non-hydrogen) atoms. The van der Waals surface area contributed by atoms with Gasteiger partial charge in [-0.05, 0) is 26.2 Å². The number of likely N-dealkylation sites (tertiary alicyclic amines) is 1. The molecule has 0 aromatic carbocycles. The fourth-order valence-corrected chi connectivity index (χ4v) is 4.32. The number of sulfone groups is 1. The lowest BCUT2D eigenvalue weighted by Crippen LogP contribution is -2.40.